The lowest BCUT2D eigenvalue weighted by Crippen LogP contribution is -2.24. The van der Waals surface area contributed by atoms with Crippen LogP contribution in [0.15, 0.2) is 46.9 Å². The zero-order chi connectivity index (χ0) is 19.8. The van der Waals surface area contributed by atoms with Crippen molar-refractivity contribution in [3.8, 4) is 0 Å². The van der Waals surface area contributed by atoms with E-state index in [2.05, 4.69) is 25.1 Å². The fourth-order valence-corrected chi connectivity index (χ4v) is 3.60. The molecular formula is C21H18FN5O2. The molecule has 8 heteroatoms. The largest absolute Gasteiger partial charge is 0.440 e. The van der Waals surface area contributed by atoms with Crippen LogP contribution in [-0.2, 0) is 25.9 Å². The second-order valence-electron chi connectivity index (χ2n) is 7.03. The summed E-state index contributed by atoms with van der Waals surface area (Å²) in [6.45, 7) is 1.21. The van der Waals surface area contributed by atoms with Gasteiger partial charge < -0.3 is 14.3 Å². The molecule has 0 bridgehead atoms. The second kappa shape index (κ2) is 7.12. The van der Waals surface area contributed by atoms with Crippen LogP contribution in [0.4, 0.5) is 4.39 Å². The number of rotatable bonds is 5. The topological polar surface area (TPSA) is 85.8 Å². The summed E-state index contributed by atoms with van der Waals surface area (Å²) in [4.78, 5) is 16.9. The van der Waals surface area contributed by atoms with E-state index in [1.54, 1.807) is 36.4 Å². The van der Waals surface area contributed by atoms with Crippen molar-refractivity contribution in [3.05, 3.63) is 76.9 Å². The first-order chi connectivity index (χ1) is 14.2. The molecule has 0 radical (unpaired) electrons. The van der Waals surface area contributed by atoms with Crippen LogP contribution < -0.4 is 5.32 Å². The van der Waals surface area contributed by atoms with Crippen LogP contribution >= 0.6 is 0 Å². The Kier molecular flexibility index (Phi) is 4.31. The molecule has 3 heterocycles. The molecule has 1 aliphatic heterocycles. The van der Waals surface area contributed by atoms with Crippen LogP contribution in [0.5, 0.6) is 0 Å². The highest BCUT2D eigenvalue weighted by Gasteiger charge is 2.18. The number of benzene rings is 2. The predicted molar refractivity (Wildman–Crippen MR) is 103 cm³/mol. The molecule has 146 valence electrons. The van der Waals surface area contributed by atoms with Gasteiger partial charge in [0.05, 0.1) is 13.0 Å². The fourth-order valence-electron chi connectivity index (χ4n) is 3.60. The van der Waals surface area contributed by atoms with E-state index in [1.807, 2.05) is 0 Å². The fraction of sp³-hybridized carbons (Fsp3) is 0.238. The molecule has 0 unspecified atom stereocenters. The molecule has 2 aromatic carbocycles. The van der Waals surface area contributed by atoms with E-state index in [0.717, 1.165) is 31.0 Å². The summed E-state index contributed by atoms with van der Waals surface area (Å²) in [5.74, 6) is 1.62. The van der Waals surface area contributed by atoms with E-state index in [-0.39, 0.29) is 18.1 Å². The zero-order valence-electron chi connectivity index (χ0n) is 15.6. The lowest BCUT2D eigenvalue weighted by atomic mass is 10.1. The van der Waals surface area contributed by atoms with Gasteiger partial charge in [0.15, 0.2) is 17.3 Å². The van der Waals surface area contributed by atoms with Gasteiger partial charge in [-0.05, 0) is 36.2 Å². The minimum atomic E-state index is -0.296. The average molecular weight is 391 g/mol. The van der Waals surface area contributed by atoms with E-state index < -0.39 is 0 Å². The van der Waals surface area contributed by atoms with Gasteiger partial charge in [0.25, 0.3) is 5.91 Å². The number of aryl methyl sites for hydroxylation is 1. The molecule has 1 amide bonds. The maximum Gasteiger partial charge on any atom is 0.251 e. The molecule has 7 nitrogen and oxygen atoms in total. The highest BCUT2D eigenvalue weighted by atomic mass is 19.1. The molecule has 1 N–H and O–H groups in total. The first kappa shape index (κ1) is 17.5. The molecule has 4 aromatic rings. The third-order valence-electron chi connectivity index (χ3n) is 5.09. The lowest BCUT2D eigenvalue weighted by molar-refractivity contribution is 0.0949. The van der Waals surface area contributed by atoms with Crippen molar-refractivity contribution < 1.29 is 13.6 Å². The summed E-state index contributed by atoms with van der Waals surface area (Å²) in [7, 11) is 0. The third-order valence-corrected chi connectivity index (χ3v) is 5.09. The van der Waals surface area contributed by atoms with Crippen molar-refractivity contribution in [1.82, 2.24) is 25.1 Å². The van der Waals surface area contributed by atoms with Gasteiger partial charge in [0, 0.05) is 18.5 Å². The second-order valence-corrected chi connectivity index (χ2v) is 7.03. The Balaban J connectivity index is 1.31. The highest BCUT2D eigenvalue weighted by Crippen LogP contribution is 2.21. The molecule has 1 aliphatic rings. The highest BCUT2D eigenvalue weighted by molar-refractivity contribution is 5.96. The number of aromatic nitrogens is 4. The van der Waals surface area contributed by atoms with Crippen molar-refractivity contribution in [2.24, 2.45) is 0 Å². The van der Waals surface area contributed by atoms with Crippen LogP contribution in [0, 0.1) is 5.82 Å². The summed E-state index contributed by atoms with van der Waals surface area (Å²) < 4.78 is 21.6. The average Bonchev–Trinajstić information content (AvgIpc) is 3.43. The molecule has 0 fully saturated rings. The number of halogens is 1. The number of amides is 1. The Morgan fingerprint density at radius 3 is 3.00 bits per heavy atom. The van der Waals surface area contributed by atoms with Gasteiger partial charge in [0.2, 0.25) is 0 Å². The number of nitrogens with zero attached hydrogens (tertiary/aromatic N) is 4. The van der Waals surface area contributed by atoms with E-state index >= 15 is 0 Å². The maximum atomic E-state index is 13.9. The Bertz CT molecular complexity index is 1210. The SMILES string of the molecule is O=C(NCc1nnc2n1CCC2)c1ccc2nc(Cc3ccccc3F)oc2c1. The van der Waals surface area contributed by atoms with Gasteiger partial charge in [-0.1, -0.05) is 18.2 Å². The van der Waals surface area contributed by atoms with Crippen molar-refractivity contribution in [1.29, 1.82) is 0 Å². The predicted octanol–water partition coefficient (Wildman–Crippen LogP) is 3.03. The number of hydrogen-bond acceptors (Lipinski definition) is 5. The first-order valence-electron chi connectivity index (χ1n) is 9.49. The van der Waals surface area contributed by atoms with Gasteiger partial charge in [-0.25, -0.2) is 9.37 Å². The Hall–Kier alpha value is -3.55. The molecule has 0 atom stereocenters. The van der Waals surface area contributed by atoms with E-state index in [9.17, 15) is 9.18 Å². The van der Waals surface area contributed by atoms with E-state index in [0.29, 0.717) is 34.7 Å². The number of hydrogen-bond donors (Lipinski definition) is 1. The standard InChI is InChI=1S/C21H18FN5O2/c22-15-5-2-1-4-13(15)11-20-24-16-8-7-14(10-17(16)29-20)21(28)23-12-19-26-25-18-6-3-9-27(18)19/h1-2,4-5,7-8,10H,3,6,9,11-12H2,(H,23,28). The maximum absolute atomic E-state index is 13.9. The number of carbonyl (C=O) groups is 1. The molecule has 0 aliphatic carbocycles. The number of nitrogens with one attached hydrogen (secondary N) is 1. The van der Waals surface area contributed by atoms with Crippen molar-refractivity contribution >= 4 is 17.0 Å². The first-order valence-corrected chi connectivity index (χ1v) is 9.49. The monoisotopic (exact) mass is 391 g/mol. The summed E-state index contributed by atoms with van der Waals surface area (Å²) in [5, 5.41) is 11.2. The van der Waals surface area contributed by atoms with Crippen LogP contribution in [0.2, 0.25) is 0 Å². The normalized spacial score (nSPS) is 13.0. The molecule has 29 heavy (non-hydrogen) atoms. The van der Waals surface area contributed by atoms with Crippen molar-refractivity contribution in [3.63, 3.8) is 0 Å². The number of carbonyl (C=O) groups excluding carboxylic acids is 1. The van der Waals surface area contributed by atoms with Gasteiger partial charge in [-0.2, -0.15) is 0 Å². The van der Waals surface area contributed by atoms with Crippen molar-refractivity contribution in [2.75, 3.05) is 0 Å². The summed E-state index contributed by atoms with van der Waals surface area (Å²) in [6, 6.07) is 11.6. The van der Waals surface area contributed by atoms with Gasteiger partial charge >= 0.3 is 0 Å². The van der Waals surface area contributed by atoms with Crippen LogP contribution in [0.3, 0.4) is 0 Å². The number of oxazole rings is 1. The van der Waals surface area contributed by atoms with Gasteiger partial charge in [-0.15, -0.1) is 10.2 Å². The molecule has 0 spiro atoms. The Labute approximate surface area is 165 Å². The molecule has 5 rings (SSSR count). The van der Waals surface area contributed by atoms with Crippen LogP contribution in [0.1, 0.15) is 39.9 Å². The zero-order valence-corrected chi connectivity index (χ0v) is 15.6. The van der Waals surface area contributed by atoms with Crippen LogP contribution in [0.25, 0.3) is 11.1 Å². The van der Waals surface area contributed by atoms with E-state index in [4.69, 9.17) is 4.42 Å². The Morgan fingerprint density at radius 1 is 1.21 bits per heavy atom. The Morgan fingerprint density at radius 2 is 2.10 bits per heavy atom. The number of fused-ring (bicyclic) bond motifs is 2. The summed E-state index contributed by atoms with van der Waals surface area (Å²) in [6.07, 6.45) is 2.24. The molecule has 0 saturated heterocycles. The third kappa shape index (κ3) is 3.37. The van der Waals surface area contributed by atoms with Gasteiger partial charge in [0.1, 0.15) is 17.2 Å². The van der Waals surface area contributed by atoms with Gasteiger partial charge in [-0.3, -0.25) is 4.79 Å². The summed E-state index contributed by atoms with van der Waals surface area (Å²) in [5.41, 5.74) is 2.10. The molecule has 2 aromatic heterocycles. The van der Waals surface area contributed by atoms with Crippen molar-refractivity contribution in [2.45, 2.75) is 32.4 Å². The minimum absolute atomic E-state index is 0.227. The smallest absolute Gasteiger partial charge is 0.251 e. The van der Waals surface area contributed by atoms with Crippen LogP contribution in [-0.4, -0.2) is 25.7 Å². The molecular weight excluding hydrogens is 373 g/mol. The minimum Gasteiger partial charge on any atom is -0.440 e. The molecule has 0 saturated carbocycles. The quantitative estimate of drug-likeness (QED) is 0.565. The lowest BCUT2D eigenvalue weighted by Gasteiger charge is -2.05. The van der Waals surface area contributed by atoms with E-state index in [1.165, 1.54) is 6.07 Å². The summed E-state index contributed by atoms with van der Waals surface area (Å²) >= 11 is 0.